The fraction of sp³-hybridized carbons (Fsp3) is 0.800. The second kappa shape index (κ2) is 0.831. The van der Waals surface area contributed by atoms with E-state index in [1.807, 2.05) is 0 Å². The largest absolute Gasteiger partial charge is 0.356 e. The molecule has 7 heavy (non-hydrogen) atoms. The van der Waals surface area contributed by atoms with E-state index in [-0.39, 0.29) is 5.91 Å². The maximum absolute atomic E-state index is 10.5. The standard InChI is InChI=1S/C5H7NO/c7-5-4-1-3(4)2-6-5/h3-4H,1-2H2,(H,6,7)/t3-,4+/m0/s1. The van der Waals surface area contributed by atoms with Crippen molar-refractivity contribution in [3.8, 4) is 0 Å². The zero-order chi connectivity index (χ0) is 4.85. The van der Waals surface area contributed by atoms with Gasteiger partial charge in [-0.3, -0.25) is 4.79 Å². The predicted molar refractivity (Wildman–Crippen MR) is 24.6 cm³/mol. The molecule has 0 aromatic rings. The first-order valence-electron chi connectivity index (χ1n) is 2.65. The van der Waals surface area contributed by atoms with Crippen molar-refractivity contribution in [3.05, 3.63) is 0 Å². The van der Waals surface area contributed by atoms with Crippen LogP contribution in [-0.2, 0) is 4.79 Å². The van der Waals surface area contributed by atoms with Gasteiger partial charge in [-0.05, 0) is 12.3 Å². The van der Waals surface area contributed by atoms with Crippen LogP contribution in [0.2, 0.25) is 0 Å². The molecule has 38 valence electrons. The zero-order valence-electron chi connectivity index (χ0n) is 3.98. The van der Waals surface area contributed by atoms with Gasteiger partial charge in [0.2, 0.25) is 5.91 Å². The molecular weight excluding hydrogens is 90.1 g/mol. The van der Waals surface area contributed by atoms with Crippen LogP contribution in [-0.4, -0.2) is 12.5 Å². The van der Waals surface area contributed by atoms with E-state index in [2.05, 4.69) is 5.32 Å². The van der Waals surface area contributed by atoms with Gasteiger partial charge in [0.1, 0.15) is 0 Å². The van der Waals surface area contributed by atoms with Gasteiger partial charge in [-0.1, -0.05) is 0 Å². The van der Waals surface area contributed by atoms with Crippen LogP contribution in [0.3, 0.4) is 0 Å². The molecule has 0 bridgehead atoms. The normalized spacial score (nSPS) is 45.4. The number of piperidine rings is 1. The van der Waals surface area contributed by atoms with Crippen LogP contribution in [0.25, 0.3) is 0 Å². The van der Waals surface area contributed by atoms with E-state index in [4.69, 9.17) is 0 Å². The van der Waals surface area contributed by atoms with E-state index < -0.39 is 0 Å². The van der Waals surface area contributed by atoms with Gasteiger partial charge in [-0.15, -0.1) is 0 Å². The number of rotatable bonds is 0. The van der Waals surface area contributed by atoms with Crippen molar-refractivity contribution in [2.45, 2.75) is 6.42 Å². The first-order valence-corrected chi connectivity index (χ1v) is 2.65. The Hall–Kier alpha value is -0.530. The van der Waals surface area contributed by atoms with Gasteiger partial charge in [0.05, 0.1) is 0 Å². The summed E-state index contributed by atoms with van der Waals surface area (Å²) in [6, 6.07) is 0. The van der Waals surface area contributed by atoms with Crippen LogP contribution in [0.1, 0.15) is 6.42 Å². The number of hydrogen-bond donors (Lipinski definition) is 1. The molecule has 0 aromatic heterocycles. The van der Waals surface area contributed by atoms with Crippen LogP contribution in [0.15, 0.2) is 0 Å². The first-order chi connectivity index (χ1) is 3.38. The molecule has 2 heteroatoms. The Morgan fingerprint density at radius 1 is 1.71 bits per heavy atom. The summed E-state index contributed by atoms with van der Waals surface area (Å²) in [5, 5.41) is 2.78. The van der Waals surface area contributed by atoms with Crippen LogP contribution in [0.5, 0.6) is 0 Å². The molecule has 1 amide bonds. The Bertz CT molecular complexity index is 121. The lowest BCUT2D eigenvalue weighted by molar-refractivity contribution is -0.120. The molecular formula is C5H7NO. The Kier molecular flexibility index (Phi) is 0.412. The lowest BCUT2D eigenvalue weighted by Crippen LogP contribution is -2.18. The van der Waals surface area contributed by atoms with Crippen LogP contribution >= 0.6 is 0 Å². The highest BCUT2D eigenvalue weighted by atomic mass is 16.2. The number of hydrogen-bond acceptors (Lipinski definition) is 1. The highest BCUT2D eigenvalue weighted by Crippen LogP contribution is 2.41. The van der Waals surface area contributed by atoms with E-state index in [1.54, 1.807) is 0 Å². The first kappa shape index (κ1) is 3.47. The molecule has 0 aromatic carbocycles. The van der Waals surface area contributed by atoms with Crippen LogP contribution in [0, 0.1) is 11.8 Å². The Labute approximate surface area is 41.9 Å². The maximum Gasteiger partial charge on any atom is 0.223 e. The summed E-state index contributed by atoms with van der Waals surface area (Å²) in [7, 11) is 0. The molecule has 2 atom stereocenters. The highest BCUT2D eigenvalue weighted by Gasteiger charge is 2.47. The van der Waals surface area contributed by atoms with Gasteiger partial charge in [0.15, 0.2) is 0 Å². The molecule has 2 rings (SSSR count). The van der Waals surface area contributed by atoms with E-state index in [0.717, 1.165) is 18.9 Å². The van der Waals surface area contributed by atoms with Crippen LogP contribution in [0.4, 0.5) is 0 Å². The van der Waals surface area contributed by atoms with Gasteiger partial charge >= 0.3 is 0 Å². The molecule has 0 spiro atoms. The molecule has 1 aliphatic heterocycles. The van der Waals surface area contributed by atoms with E-state index in [0.29, 0.717) is 5.92 Å². The summed E-state index contributed by atoms with van der Waals surface area (Å²) < 4.78 is 0. The third kappa shape index (κ3) is 0.315. The maximum atomic E-state index is 10.5. The molecule has 1 saturated heterocycles. The molecule has 1 aliphatic carbocycles. The molecule has 0 radical (unpaired) electrons. The molecule has 2 aliphatic rings. The summed E-state index contributed by atoms with van der Waals surface area (Å²) in [4.78, 5) is 10.5. The van der Waals surface area contributed by atoms with Gasteiger partial charge in [-0.25, -0.2) is 0 Å². The van der Waals surface area contributed by atoms with Crippen molar-refractivity contribution in [1.82, 2.24) is 5.32 Å². The average molecular weight is 97.1 g/mol. The van der Waals surface area contributed by atoms with Gasteiger partial charge < -0.3 is 5.32 Å². The van der Waals surface area contributed by atoms with E-state index in [9.17, 15) is 4.79 Å². The van der Waals surface area contributed by atoms with Gasteiger partial charge in [0, 0.05) is 12.5 Å². The minimum absolute atomic E-state index is 0.282. The summed E-state index contributed by atoms with van der Waals surface area (Å²) in [5.41, 5.74) is 0. The number of carbonyl (C=O) groups excluding carboxylic acids is 1. The van der Waals surface area contributed by atoms with E-state index >= 15 is 0 Å². The van der Waals surface area contributed by atoms with Crippen molar-refractivity contribution in [2.75, 3.05) is 6.54 Å². The fourth-order valence-corrected chi connectivity index (χ4v) is 1.16. The van der Waals surface area contributed by atoms with E-state index in [1.165, 1.54) is 0 Å². The second-order valence-corrected chi connectivity index (χ2v) is 2.35. The Morgan fingerprint density at radius 3 is 2.71 bits per heavy atom. The fourth-order valence-electron chi connectivity index (χ4n) is 1.16. The SMILES string of the molecule is O=C1NC[C@@H]2C[C@@H]12. The second-order valence-electron chi connectivity index (χ2n) is 2.35. The predicted octanol–water partition coefficient (Wildman–Crippen LogP) is -0.248. The van der Waals surface area contributed by atoms with Crippen LogP contribution < -0.4 is 5.32 Å². The number of carbonyl (C=O) groups is 1. The molecule has 1 heterocycles. The van der Waals surface area contributed by atoms with Crippen molar-refractivity contribution in [2.24, 2.45) is 11.8 Å². The van der Waals surface area contributed by atoms with Gasteiger partial charge in [0.25, 0.3) is 0 Å². The Morgan fingerprint density at radius 2 is 2.57 bits per heavy atom. The zero-order valence-corrected chi connectivity index (χ0v) is 3.98. The molecule has 1 saturated carbocycles. The number of amides is 1. The molecule has 1 N–H and O–H groups in total. The summed E-state index contributed by atoms with van der Waals surface area (Å²) in [6.45, 7) is 0.948. The van der Waals surface area contributed by atoms with Crippen molar-refractivity contribution < 1.29 is 4.79 Å². The van der Waals surface area contributed by atoms with Crippen molar-refractivity contribution in [3.63, 3.8) is 0 Å². The topological polar surface area (TPSA) is 29.1 Å². The number of nitrogens with one attached hydrogen (secondary N) is 1. The lowest BCUT2D eigenvalue weighted by atomic mass is 10.4. The Balaban J connectivity index is 2.21. The summed E-state index contributed by atoms with van der Waals surface area (Å²) >= 11 is 0. The minimum atomic E-state index is 0.282. The average Bonchev–Trinajstić information content (AvgIpc) is 2.33. The summed E-state index contributed by atoms with van der Waals surface area (Å²) in [6.07, 6.45) is 1.16. The molecule has 2 nitrogen and oxygen atoms in total. The molecule has 2 fully saturated rings. The lowest BCUT2D eigenvalue weighted by Gasteiger charge is -1.89. The molecule has 0 unspecified atom stereocenters. The van der Waals surface area contributed by atoms with Crippen molar-refractivity contribution >= 4 is 5.91 Å². The highest BCUT2D eigenvalue weighted by molar-refractivity contribution is 5.84. The summed E-state index contributed by atoms with van der Waals surface area (Å²) in [5.74, 6) is 1.44. The number of fused-ring (bicyclic) bond motifs is 1. The third-order valence-electron chi connectivity index (χ3n) is 1.80. The quantitative estimate of drug-likeness (QED) is 0.444. The minimum Gasteiger partial charge on any atom is -0.356 e. The monoisotopic (exact) mass is 97.1 g/mol. The van der Waals surface area contributed by atoms with Crippen molar-refractivity contribution in [1.29, 1.82) is 0 Å². The third-order valence-corrected chi connectivity index (χ3v) is 1.80. The van der Waals surface area contributed by atoms with Gasteiger partial charge in [-0.2, -0.15) is 0 Å². The smallest absolute Gasteiger partial charge is 0.223 e.